The van der Waals surface area contributed by atoms with Crippen molar-refractivity contribution in [1.29, 1.82) is 0 Å². The zero-order valence-electron chi connectivity index (χ0n) is 14.5. The van der Waals surface area contributed by atoms with E-state index >= 15 is 0 Å². The molecule has 1 aromatic carbocycles. The normalized spacial score (nSPS) is 24.9. The molecule has 4 rings (SSSR count). The number of halogens is 3. The van der Waals surface area contributed by atoms with Gasteiger partial charge in [-0.15, -0.1) is 0 Å². The Bertz CT molecular complexity index is 854. The number of aromatic nitrogens is 1. The molecule has 1 N–H and O–H groups in total. The number of alkyl halides is 3. The monoisotopic (exact) mass is 376 g/mol. The summed E-state index contributed by atoms with van der Waals surface area (Å²) in [7, 11) is 0. The number of hydrogen-bond acceptors (Lipinski definition) is 3. The van der Waals surface area contributed by atoms with Gasteiger partial charge < -0.3 is 10.0 Å². The minimum Gasteiger partial charge on any atom is -0.478 e. The molecular formula is C20H19F3N2O2. The van der Waals surface area contributed by atoms with E-state index in [2.05, 4.69) is 4.98 Å². The van der Waals surface area contributed by atoms with Gasteiger partial charge in [-0.25, -0.2) is 9.78 Å². The predicted molar refractivity (Wildman–Crippen MR) is 93.8 cm³/mol. The number of fused-ring (bicyclic) bond motifs is 1. The zero-order valence-corrected chi connectivity index (χ0v) is 14.5. The van der Waals surface area contributed by atoms with Crippen molar-refractivity contribution in [2.45, 2.75) is 24.9 Å². The Morgan fingerprint density at radius 1 is 1.07 bits per heavy atom. The second-order valence-electron chi connectivity index (χ2n) is 7.36. The van der Waals surface area contributed by atoms with Gasteiger partial charge in [0.05, 0.1) is 5.56 Å². The first-order chi connectivity index (χ1) is 12.8. The van der Waals surface area contributed by atoms with E-state index in [4.69, 9.17) is 0 Å². The van der Waals surface area contributed by atoms with Crippen LogP contribution in [0.2, 0.25) is 0 Å². The third-order valence-electron chi connectivity index (χ3n) is 5.77. The lowest BCUT2D eigenvalue weighted by atomic mass is 9.91. The number of carbonyl (C=O) groups is 1. The Balaban J connectivity index is 1.53. The Morgan fingerprint density at radius 2 is 1.74 bits per heavy atom. The van der Waals surface area contributed by atoms with Crippen molar-refractivity contribution < 1.29 is 23.1 Å². The van der Waals surface area contributed by atoms with Gasteiger partial charge in [0.1, 0.15) is 11.4 Å². The van der Waals surface area contributed by atoms with Crippen LogP contribution in [0.5, 0.6) is 0 Å². The van der Waals surface area contributed by atoms with Crippen molar-refractivity contribution in [3.05, 3.63) is 59.3 Å². The number of benzene rings is 1. The van der Waals surface area contributed by atoms with Crippen molar-refractivity contribution >= 4 is 11.8 Å². The first-order valence-electron chi connectivity index (χ1n) is 8.94. The summed E-state index contributed by atoms with van der Waals surface area (Å²) in [5, 5.41) is 9.35. The predicted octanol–water partition coefficient (Wildman–Crippen LogP) is 4.43. The second kappa shape index (κ2) is 6.55. The van der Waals surface area contributed by atoms with Crippen LogP contribution in [0.15, 0.2) is 42.6 Å². The number of hydrogen-bond donors (Lipinski definition) is 1. The maximum atomic E-state index is 13.3. The van der Waals surface area contributed by atoms with E-state index in [1.54, 1.807) is 24.4 Å². The fourth-order valence-electron chi connectivity index (χ4n) is 4.65. The number of aromatic carboxylic acids is 1. The fraction of sp³-hybridized carbons (Fsp3) is 0.400. The van der Waals surface area contributed by atoms with Crippen molar-refractivity contribution in [2.75, 3.05) is 18.0 Å². The standard InChI is InChI=1S/C20H19F3N2O2/c21-20(22,23)17-6-2-1-4-15(17)12-8-13-10-25(11-14(13)9-12)18-16(19(26)27)5-3-7-24-18/h1-7,12-14H,8-11H2,(H,26,27). The van der Waals surface area contributed by atoms with Crippen molar-refractivity contribution in [1.82, 2.24) is 4.98 Å². The highest BCUT2D eigenvalue weighted by atomic mass is 19.4. The molecule has 1 aromatic heterocycles. The summed E-state index contributed by atoms with van der Waals surface area (Å²) in [4.78, 5) is 17.6. The molecule has 0 spiro atoms. The Morgan fingerprint density at radius 3 is 2.37 bits per heavy atom. The molecule has 0 radical (unpaired) electrons. The van der Waals surface area contributed by atoms with Gasteiger partial charge in [-0.3, -0.25) is 0 Å². The lowest BCUT2D eigenvalue weighted by Crippen LogP contribution is -2.25. The highest BCUT2D eigenvalue weighted by molar-refractivity contribution is 5.93. The van der Waals surface area contributed by atoms with E-state index in [1.165, 1.54) is 12.1 Å². The van der Waals surface area contributed by atoms with Crippen LogP contribution >= 0.6 is 0 Å². The molecule has 2 fully saturated rings. The molecule has 2 atom stereocenters. The number of nitrogens with zero attached hydrogens (tertiary/aromatic N) is 2. The summed E-state index contributed by atoms with van der Waals surface area (Å²) in [5.74, 6) is -0.179. The topological polar surface area (TPSA) is 53.4 Å². The Kier molecular flexibility index (Phi) is 4.32. The average Bonchev–Trinajstić information content (AvgIpc) is 3.20. The maximum Gasteiger partial charge on any atom is 0.416 e. The van der Waals surface area contributed by atoms with Gasteiger partial charge in [-0.1, -0.05) is 18.2 Å². The van der Waals surface area contributed by atoms with Crippen molar-refractivity contribution in [2.24, 2.45) is 11.8 Å². The van der Waals surface area contributed by atoms with Crippen molar-refractivity contribution in [3.63, 3.8) is 0 Å². The smallest absolute Gasteiger partial charge is 0.416 e. The van der Waals surface area contributed by atoms with E-state index in [-0.39, 0.29) is 23.3 Å². The summed E-state index contributed by atoms with van der Waals surface area (Å²) < 4.78 is 40.0. The molecule has 2 aromatic rings. The third-order valence-corrected chi connectivity index (χ3v) is 5.77. The third kappa shape index (κ3) is 3.26. The van der Waals surface area contributed by atoms with E-state index in [0.29, 0.717) is 37.3 Å². The first kappa shape index (κ1) is 17.8. The quantitative estimate of drug-likeness (QED) is 0.861. The molecule has 2 unspecified atom stereocenters. The van der Waals surface area contributed by atoms with Crippen LogP contribution in [0, 0.1) is 11.8 Å². The molecule has 4 nitrogen and oxygen atoms in total. The molecule has 7 heteroatoms. The average molecular weight is 376 g/mol. The van der Waals surface area contributed by atoms with Crippen LogP contribution in [-0.4, -0.2) is 29.1 Å². The van der Waals surface area contributed by atoms with Gasteiger partial charge in [-0.2, -0.15) is 13.2 Å². The molecule has 1 saturated heterocycles. The van der Waals surface area contributed by atoms with Gasteiger partial charge in [0, 0.05) is 19.3 Å². The molecule has 2 heterocycles. The summed E-state index contributed by atoms with van der Waals surface area (Å²) in [6, 6.07) is 8.96. The lowest BCUT2D eigenvalue weighted by Gasteiger charge is -2.23. The van der Waals surface area contributed by atoms with Gasteiger partial charge in [0.15, 0.2) is 0 Å². The molecule has 1 saturated carbocycles. The minimum absolute atomic E-state index is 0.109. The van der Waals surface area contributed by atoms with Crippen LogP contribution in [0.4, 0.5) is 19.0 Å². The highest BCUT2D eigenvalue weighted by Crippen LogP contribution is 2.49. The molecule has 0 amide bonds. The zero-order chi connectivity index (χ0) is 19.2. The van der Waals surface area contributed by atoms with Crippen molar-refractivity contribution in [3.8, 4) is 0 Å². The molecule has 1 aliphatic heterocycles. The van der Waals surface area contributed by atoms with Crippen LogP contribution in [-0.2, 0) is 6.18 Å². The molecule has 0 bridgehead atoms. The van der Waals surface area contributed by atoms with Gasteiger partial charge in [-0.05, 0) is 54.4 Å². The van der Waals surface area contributed by atoms with Gasteiger partial charge >= 0.3 is 12.1 Å². The summed E-state index contributed by atoms with van der Waals surface area (Å²) in [6.07, 6.45) is -1.41. The Labute approximate surface area is 154 Å². The Hall–Kier alpha value is -2.57. The number of carboxylic acid groups (broad SMARTS) is 1. The van der Waals surface area contributed by atoms with Crippen LogP contribution in [0.3, 0.4) is 0 Å². The minimum atomic E-state index is -4.34. The molecule has 142 valence electrons. The number of rotatable bonds is 3. The summed E-state index contributed by atoms with van der Waals surface area (Å²) >= 11 is 0. The van der Waals surface area contributed by atoms with Crippen LogP contribution in [0.1, 0.15) is 40.2 Å². The second-order valence-corrected chi connectivity index (χ2v) is 7.36. The fourth-order valence-corrected chi connectivity index (χ4v) is 4.65. The number of carboxylic acids is 1. The van der Waals surface area contributed by atoms with Crippen LogP contribution < -0.4 is 4.90 Å². The van der Waals surface area contributed by atoms with E-state index < -0.39 is 17.7 Å². The SMILES string of the molecule is O=C(O)c1cccnc1N1CC2CC(c3ccccc3C(F)(F)F)CC2C1. The van der Waals surface area contributed by atoms with Gasteiger partial charge in [0.2, 0.25) is 0 Å². The van der Waals surface area contributed by atoms with E-state index in [1.807, 2.05) is 4.90 Å². The van der Waals surface area contributed by atoms with E-state index in [9.17, 15) is 23.1 Å². The first-order valence-corrected chi connectivity index (χ1v) is 8.94. The van der Waals surface area contributed by atoms with Gasteiger partial charge in [0.25, 0.3) is 0 Å². The summed E-state index contributed by atoms with van der Waals surface area (Å²) in [5.41, 5.74) is 0.0103. The molecule has 2 aliphatic rings. The summed E-state index contributed by atoms with van der Waals surface area (Å²) in [6.45, 7) is 1.26. The van der Waals surface area contributed by atoms with E-state index in [0.717, 1.165) is 6.07 Å². The largest absolute Gasteiger partial charge is 0.478 e. The number of pyridine rings is 1. The maximum absolute atomic E-state index is 13.3. The number of anilines is 1. The molecular weight excluding hydrogens is 357 g/mol. The molecule has 1 aliphatic carbocycles. The van der Waals surface area contributed by atoms with Crippen LogP contribution in [0.25, 0.3) is 0 Å². The lowest BCUT2D eigenvalue weighted by molar-refractivity contribution is -0.138. The highest BCUT2D eigenvalue weighted by Gasteiger charge is 2.44. The molecule has 27 heavy (non-hydrogen) atoms.